The number of anilines is 1. The van der Waals surface area contributed by atoms with E-state index in [4.69, 9.17) is 9.47 Å². The molecule has 11 nitrogen and oxygen atoms in total. The van der Waals surface area contributed by atoms with Crippen molar-refractivity contribution in [3.63, 3.8) is 0 Å². The van der Waals surface area contributed by atoms with E-state index in [0.29, 0.717) is 5.69 Å². The Hall–Kier alpha value is -2.95. The molecule has 2 aromatic rings. The van der Waals surface area contributed by atoms with Crippen LogP contribution >= 0.6 is 0 Å². The minimum absolute atomic E-state index is 0.216. The van der Waals surface area contributed by atoms with Crippen LogP contribution < -0.4 is 10.1 Å². The van der Waals surface area contributed by atoms with Gasteiger partial charge in [-0.25, -0.2) is 4.68 Å². The second-order valence-electron chi connectivity index (χ2n) is 3.85. The van der Waals surface area contributed by atoms with E-state index in [2.05, 4.69) is 20.6 Å². The van der Waals surface area contributed by atoms with E-state index in [9.17, 15) is 14.9 Å². The van der Waals surface area contributed by atoms with E-state index < -0.39 is 16.5 Å². The lowest BCUT2D eigenvalue weighted by Crippen LogP contribution is -2.14. The van der Waals surface area contributed by atoms with E-state index in [0.717, 1.165) is 0 Å². The fraction of sp³-hybridized carbons (Fsp3) is 0.300. The SMILES string of the molecule is COCn1cc(NC(=O)c2[nH]nc(OC)c2[N+](=O)[O-])cn1. The van der Waals surface area contributed by atoms with Gasteiger partial charge in [0.05, 0.1) is 30.1 Å². The summed E-state index contributed by atoms with van der Waals surface area (Å²) in [5.74, 6) is -0.991. The highest BCUT2D eigenvalue weighted by Gasteiger charge is 2.30. The van der Waals surface area contributed by atoms with Gasteiger partial charge in [0.1, 0.15) is 6.73 Å². The number of nitro groups is 1. The van der Waals surface area contributed by atoms with Gasteiger partial charge >= 0.3 is 11.6 Å². The number of methoxy groups -OCH3 is 2. The highest BCUT2D eigenvalue weighted by molar-refractivity contribution is 6.06. The molecule has 2 aromatic heterocycles. The van der Waals surface area contributed by atoms with Crippen molar-refractivity contribution in [2.45, 2.75) is 6.73 Å². The van der Waals surface area contributed by atoms with Gasteiger partial charge in [-0.3, -0.25) is 20.0 Å². The first-order chi connectivity index (χ1) is 10.1. The van der Waals surface area contributed by atoms with Crippen LogP contribution in [0.4, 0.5) is 11.4 Å². The molecule has 0 atom stereocenters. The zero-order chi connectivity index (χ0) is 15.4. The number of aromatic nitrogens is 4. The van der Waals surface area contributed by atoms with Gasteiger partial charge in [0, 0.05) is 7.11 Å². The molecule has 0 aliphatic heterocycles. The van der Waals surface area contributed by atoms with Crippen LogP contribution in [0, 0.1) is 10.1 Å². The Bertz CT molecular complexity index is 663. The van der Waals surface area contributed by atoms with Crippen LogP contribution in [0.5, 0.6) is 5.88 Å². The highest BCUT2D eigenvalue weighted by atomic mass is 16.6. The average molecular weight is 296 g/mol. The Kier molecular flexibility index (Phi) is 4.13. The number of hydrogen-bond donors (Lipinski definition) is 2. The molecule has 0 bridgehead atoms. The minimum Gasteiger partial charge on any atom is -0.475 e. The van der Waals surface area contributed by atoms with E-state index in [1.54, 1.807) is 0 Å². The van der Waals surface area contributed by atoms with Crippen molar-refractivity contribution >= 4 is 17.3 Å². The van der Waals surface area contributed by atoms with Crippen molar-refractivity contribution < 1.29 is 19.2 Å². The number of ether oxygens (including phenoxy) is 2. The van der Waals surface area contributed by atoms with Crippen molar-refractivity contribution in [2.75, 3.05) is 19.5 Å². The summed E-state index contributed by atoms with van der Waals surface area (Å²) in [5.41, 5.74) is -0.476. The average Bonchev–Trinajstić information content (AvgIpc) is 3.05. The number of rotatable bonds is 6. The summed E-state index contributed by atoms with van der Waals surface area (Å²) in [6.07, 6.45) is 2.90. The Morgan fingerprint density at radius 2 is 2.33 bits per heavy atom. The molecule has 0 unspecified atom stereocenters. The van der Waals surface area contributed by atoms with Crippen molar-refractivity contribution in [2.24, 2.45) is 0 Å². The molecule has 2 heterocycles. The molecule has 0 fully saturated rings. The van der Waals surface area contributed by atoms with Crippen molar-refractivity contribution in [3.8, 4) is 5.88 Å². The second-order valence-corrected chi connectivity index (χ2v) is 3.85. The molecule has 0 aliphatic carbocycles. The van der Waals surface area contributed by atoms with Crippen molar-refractivity contribution in [1.29, 1.82) is 0 Å². The number of H-pyrrole nitrogens is 1. The van der Waals surface area contributed by atoms with Crippen LogP contribution in [-0.2, 0) is 11.5 Å². The molecule has 0 aliphatic rings. The maximum absolute atomic E-state index is 12.0. The van der Waals surface area contributed by atoms with Gasteiger partial charge in [0.2, 0.25) is 5.69 Å². The zero-order valence-corrected chi connectivity index (χ0v) is 11.2. The molecule has 21 heavy (non-hydrogen) atoms. The molecule has 11 heteroatoms. The number of aromatic amines is 1. The number of nitrogens with zero attached hydrogens (tertiary/aromatic N) is 4. The standard InChI is InChI=1S/C10H12N6O5/c1-20-5-15-4-6(3-11-15)12-9(17)7-8(16(18)19)10(21-2)14-13-7/h3-4H,5H2,1-2H3,(H,12,17)(H,13,14). The Balaban J connectivity index is 2.20. The molecule has 0 saturated heterocycles. The normalized spacial score (nSPS) is 10.4. The summed E-state index contributed by atoms with van der Waals surface area (Å²) in [7, 11) is 2.72. The molecule has 0 saturated carbocycles. The summed E-state index contributed by atoms with van der Waals surface area (Å²) < 4.78 is 11.0. The number of nitrogens with one attached hydrogen (secondary N) is 2. The molecule has 2 rings (SSSR count). The van der Waals surface area contributed by atoms with E-state index in [-0.39, 0.29) is 18.3 Å². The topological polar surface area (TPSA) is 137 Å². The summed E-state index contributed by atoms with van der Waals surface area (Å²) in [6, 6.07) is 0. The fourth-order valence-electron chi connectivity index (χ4n) is 1.61. The molecular formula is C10H12N6O5. The first-order valence-electron chi connectivity index (χ1n) is 5.66. The summed E-state index contributed by atoms with van der Waals surface area (Å²) >= 11 is 0. The third kappa shape index (κ3) is 2.97. The third-order valence-corrected chi connectivity index (χ3v) is 2.46. The largest absolute Gasteiger partial charge is 0.475 e. The van der Waals surface area contributed by atoms with Gasteiger partial charge in [-0.05, 0) is 0 Å². The first kappa shape index (κ1) is 14.5. The maximum atomic E-state index is 12.0. The lowest BCUT2D eigenvalue weighted by atomic mass is 10.3. The molecular weight excluding hydrogens is 284 g/mol. The van der Waals surface area contributed by atoms with Crippen LogP contribution in [0.25, 0.3) is 0 Å². The molecule has 1 amide bonds. The van der Waals surface area contributed by atoms with Crippen LogP contribution in [0.15, 0.2) is 12.4 Å². The minimum atomic E-state index is -0.744. The van der Waals surface area contributed by atoms with E-state index >= 15 is 0 Å². The van der Waals surface area contributed by atoms with Crippen molar-refractivity contribution in [3.05, 3.63) is 28.2 Å². The summed E-state index contributed by atoms with van der Waals surface area (Å²) in [4.78, 5) is 22.2. The number of hydrogen-bond acceptors (Lipinski definition) is 7. The smallest absolute Gasteiger partial charge is 0.362 e. The molecule has 112 valence electrons. The van der Waals surface area contributed by atoms with Crippen LogP contribution in [0.3, 0.4) is 0 Å². The number of amides is 1. The summed E-state index contributed by atoms with van der Waals surface area (Å²) in [6.45, 7) is 0.216. The molecule has 0 aromatic carbocycles. The van der Waals surface area contributed by atoms with Gasteiger partial charge in [0.25, 0.3) is 5.91 Å². The first-order valence-corrected chi connectivity index (χ1v) is 5.66. The second kappa shape index (κ2) is 6.00. The summed E-state index contributed by atoms with van der Waals surface area (Å²) in [5, 5.41) is 23.2. The van der Waals surface area contributed by atoms with Gasteiger partial charge in [-0.15, -0.1) is 5.10 Å². The van der Waals surface area contributed by atoms with Gasteiger partial charge in [-0.2, -0.15) is 5.10 Å². The van der Waals surface area contributed by atoms with Crippen LogP contribution in [0.2, 0.25) is 0 Å². The number of carbonyl (C=O) groups is 1. The monoisotopic (exact) mass is 296 g/mol. The predicted octanol–water partition coefficient (Wildman–Crippen LogP) is 0.379. The van der Waals surface area contributed by atoms with Gasteiger partial charge in [0.15, 0.2) is 0 Å². The molecule has 0 spiro atoms. The predicted molar refractivity (Wildman–Crippen MR) is 69.0 cm³/mol. The quantitative estimate of drug-likeness (QED) is 0.580. The highest BCUT2D eigenvalue weighted by Crippen LogP contribution is 2.28. The maximum Gasteiger partial charge on any atom is 0.362 e. The zero-order valence-electron chi connectivity index (χ0n) is 11.2. The Morgan fingerprint density at radius 3 is 2.95 bits per heavy atom. The van der Waals surface area contributed by atoms with Gasteiger partial charge < -0.3 is 14.8 Å². The fourth-order valence-corrected chi connectivity index (χ4v) is 1.61. The number of carbonyl (C=O) groups excluding carboxylic acids is 1. The Morgan fingerprint density at radius 1 is 1.57 bits per heavy atom. The van der Waals surface area contributed by atoms with Crippen LogP contribution in [0.1, 0.15) is 10.5 Å². The van der Waals surface area contributed by atoms with Gasteiger partial charge in [-0.1, -0.05) is 0 Å². The third-order valence-electron chi connectivity index (χ3n) is 2.46. The molecule has 0 radical (unpaired) electrons. The van der Waals surface area contributed by atoms with E-state index in [1.165, 1.54) is 31.3 Å². The Labute approximate surface area is 118 Å². The van der Waals surface area contributed by atoms with E-state index in [1.807, 2.05) is 0 Å². The lowest BCUT2D eigenvalue weighted by molar-refractivity contribution is -0.386. The lowest BCUT2D eigenvalue weighted by Gasteiger charge is -2.00. The van der Waals surface area contributed by atoms with Crippen molar-refractivity contribution in [1.82, 2.24) is 20.0 Å². The van der Waals surface area contributed by atoms with Crippen LogP contribution in [-0.4, -0.2) is 45.0 Å². The molecule has 2 N–H and O–H groups in total.